The molecule has 86 valence electrons. The minimum absolute atomic E-state index is 0.123. The fourth-order valence-electron chi connectivity index (χ4n) is 1.56. The minimum atomic E-state index is -0.123. The number of hydrogen-bond acceptors (Lipinski definition) is 3. The quantitative estimate of drug-likeness (QED) is 0.865. The van der Waals surface area contributed by atoms with Gasteiger partial charge in [-0.3, -0.25) is 4.79 Å². The molecule has 0 aliphatic rings. The lowest BCUT2D eigenvalue weighted by Crippen LogP contribution is -2.07. The summed E-state index contributed by atoms with van der Waals surface area (Å²) in [6.07, 6.45) is 1.57. The third-order valence-corrected chi connectivity index (χ3v) is 3.11. The van der Waals surface area contributed by atoms with E-state index in [9.17, 15) is 4.79 Å². The first-order valence-corrected chi connectivity index (χ1v) is 5.90. The first kappa shape index (κ1) is 11.8. The summed E-state index contributed by atoms with van der Waals surface area (Å²) in [5.41, 5.74) is 7.80. The monoisotopic (exact) mass is 290 g/mol. The van der Waals surface area contributed by atoms with Crippen LogP contribution in [0.5, 0.6) is 0 Å². The molecular formula is C13H11BrN2O. The lowest BCUT2D eigenvalue weighted by Gasteiger charge is -2.06. The van der Waals surface area contributed by atoms with Crippen LogP contribution >= 0.6 is 15.9 Å². The molecule has 0 radical (unpaired) electrons. The van der Waals surface area contributed by atoms with E-state index in [0.29, 0.717) is 11.1 Å². The van der Waals surface area contributed by atoms with E-state index in [0.717, 1.165) is 10.0 Å². The number of anilines is 1. The van der Waals surface area contributed by atoms with Gasteiger partial charge in [0.1, 0.15) is 5.82 Å². The Kier molecular flexibility index (Phi) is 3.24. The predicted octanol–water partition coefficient (Wildman–Crippen LogP) is 2.97. The molecule has 1 aromatic heterocycles. The zero-order valence-corrected chi connectivity index (χ0v) is 10.9. The minimum Gasteiger partial charge on any atom is -0.383 e. The number of ketones is 1. The van der Waals surface area contributed by atoms with Crippen LogP contribution in [0.4, 0.5) is 5.82 Å². The van der Waals surface area contributed by atoms with Crippen molar-refractivity contribution in [1.29, 1.82) is 0 Å². The van der Waals surface area contributed by atoms with Crippen LogP contribution in [0.3, 0.4) is 0 Å². The molecule has 0 saturated heterocycles. The molecule has 0 aliphatic heterocycles. The SMILES string of the molecule is Cc1ccc(C(=O)c2cccnc2N)c(Br)c1. The molecule has 0 aliphatic carbocycles. The van der Waals surface area contributed by atoms with E-state index in [1.54, 1.807) is 24.4 Å². The third-order valence-electron chi connectivity index (χ3n) is 2.45. The van der Waals surface area contributed by atoms with E-state index in [1.807, 2.05) is 19.1 Å². The van der Waals surface area contributed by atoms with Gasteiger partial charge in [0, 0.05) is 16.2 Å². The highest BCUT2D eigenvalue weighted by Gasteiger charge is 2.15. The number of rotatable bonds is 2. The fraction of sp³-hybridized carbons (Fsp3) is 0.0769. The van der Waals surface area contributed by atoms with Gasteiger partial charge in [0.05, 0.1) is 5.56 Å². The molecule has 0 saturated carbocycles. The van der Waals surface area contributed by atoms with E-state index < -0.39 is 0 Å². The molecule has 0 amide bonds. The number of halogens is 1. The highest BCUT2D eigenvalue weighted by molar-refractivity contribution is 9.10. The lowest BCUT2D eigenvalue weighted by molar-refractivity contribution is 0.103. The highest BCUT2D eigenvalue weighted by atomic mass is 79.9. The molecule has 3 nitrogen and oxygen atoms in total. The number of nitrogens with two attached hydrogens (primary N) is 1. The smallest absolute Gasteiger partial charge is 0.197 e. The molecule has 2 aromatic rings. The van der Waals surface area contributed by atoms with Gasteiger partial charge in [0.2, 0.25) is 0 Å². The van der Waals surface area contributed by atoms with Gasteiger partial charge in [0.25, 0.3) is 0 Å². The van der Waals surface area contributed by atoms with Crippen molar-refractivity contribution in [2.45, 2.75) is 6.92 Å². The number of nitrogen functional groups attached to an aromatic ring is 1. The summed E-state index contributed by atoms with van der Waals surface area (Å²) in [5, 5.41) is 0. The molecule has 0 bridgehead atoms. The number of hydrogen-bond donors (Lipinski definition) is 1. The summed E-state index contributed by atoms with van der Waals surface area (Å²) in [4.78, 5) is 16.2. The summed E-state index contributed by atoms with van der Waals surface area (Å²) in [5.74, 6) is 0.132. The maximum absolute atomic E-state index is 12.2. The van der Waals surface area contributed by atoms with E-state index >= 15 is 0 Å². The number of carbonyl (C=O) groups is 1. The molecule has 17 heavy (non-hydrogen) atoms. The Morgan fingerprint density at radius 1 is 1.29 bits per heavy atom. The van der Waals surface area contributed by atoms with Crippen molar-refractivity contribution < 1.29 is 4.79 Å². The second-order valence-electron chi connectivity index (χ2n) is 3.75. The average Bonchev–Trinajstić information content (AvgIpc) is 2.29. The van der Waals surface area contributed by atoms with Crippen LogP contribution < -0.4 is 5.73 Å². The fourth-order valence-corrected chi connectivity index (χ4v) is 2.23. The van der Waals surface area contributed by atoms with Crippen LogP contribution in [0.1, 0.15) is 21.5 Å². The van der Waals surface area contributed by atoms with E-state index in [-0.39, 0.29) is 11.6 Å². The first-order chi connectivity index (χ1) is 8.09. The number of nitrogens with zero attached hydrogens (tertiary/aromatic N) is 1. The van der Waals surface area contributed by atoms with Gasteiger partial charge in [-0.2, -0.15) is 0 Å². The predicted molar refractivity (Wildman–Crippen MR) is 71.0 cm³/mol. The second kappa shape index (κ2) is 4.67. The Balaban J connectivity index is 2.48. The molecule has 1 heterocycles. The van der Waals surface area contributed by atoms with Crippen molar-refractivity contribution in [3.63, 3.8) is 0 Å². The normalized spacial score (nSPS) is 10.2. The zero-order valence-electron chi connectivity index (χ0n) is 9.27. The standard InChI is InChI=1S/C13H11BrN2O/c1-8-4-5-9(11(14)7-8)12(17)10-3-2-6-16-13(10)15/h2-7H,1H3,(H2,15,16). The molecule has 2 N–H and O–H groups in total. The number of carbonyl (C=O) groups excluding carboxylic acids is 1. The topological polar surface area (TPSA) is 56.0 Å². The van der Waals surface area contributed by atoms with Gasteiger partial charge in [-0.15, -0.1) is 0 Å². The molecule has 0 spiro atoms. The van der Waals surface area contributed by atoms with Gasteiger partial charge in [-0.05, 0) is 36.8 Å². The van der Waals surface area contributed by atoms with Crippen LogP contribution in [0.25, 0.3) is 0 Å². The van der Waals surface area contributed by atoms with Gasteiger partial charge in [-0.1, -0.05) is 22.0 Å². The largest absolute Gasteiger partial charge is 0.383 e. The lowest BCUT2D eigenvalue weighted by atomic mass is 10.0. The molecule has 0 unspecified atom stereocenters. The molecule has 2 rings (SSSR count). The maximum Gasteiger partial charge on any atom is 0.197 e. The van der Waals surface area contributed by atoms with Crippen molar-refractivity contribution in [3.05, 3.63) is 57.7 Å². The van der Waals surface area contributed by atoms with Crippen molar-refractivity contribution >= 4 is 27.5 Å². The van der Waals surface area contributed by atoms with Crippen molar-refractivity contribution in [2.75, 3.05) is 5.73 Å². The summed E-state index contributed by atoms with van der Waals surface area (Å²) < 4.78 is 0.769. The number of aryl methyl sites for hydroxylation is 1. The summed E-state index contributed by atoms with van der Waals surface area (Å²) >= 11 is 3.39. The van der Waals surface area contributed by atoms with Gasteiger partial charge in [-0.25, -0.2) is 4.98 Å². The summed E-state index contributed by atoms with van der Waals surface area (Å²) in [6, 6.07) is 8.96. The Hall–Kier alpha value is -1.68. The molecule has 0 fully saturated rings. The zero-order chi connectivity index (χ0) is 12.4. The van der Waals surface area contributed by atoms with Crippen LogP contribution in [0.2, 0.25) is 0 Å². The first-order valence-electron chi connectivity index (χ1n) is 5.11. The molecule has 4 heteroatoms. The number of benzene rings is 1. The van der Waals surface area contributed by atoms with Gasteiger partial charge < -0.3 is 5.73 Å². The molecule has 0 atom stereocenters. The van der Waals surface area contributed by atoms with Crippen molar-refractivity contribution in [3.8, 4) is 0 Å². The van der Waals surface area contributed by atoms with Crippen molar-refractivity contribution in [2.24, 2.45) is 0 Å². The van der Waals surface area contributed by atoms with Crippen LogP contribution in [-0.4, -0.2) is 10.8 Å². The Bertz CT molecular complexity index is 581. The van der Waals surface area contributed by atoms with Crippen LogP contribution in [-0.2, 0) is 0 Å². The Morgan fingerprint density at radius 2 is 2.06 bits per heavy atom. The summed E-state index contributed by atoms with van der Waals surface area (Å²) in [7, 11) is 0. The molecular weight excluding hydrogens is 280 g/mol. The Morgan fingerprint density at radius 3 is 2.71 bits per heavy atom. The van der Waals surface area contributed by atoms with Gasteiger partial charge in [0.15, 0.2) is 5.78 Å². The van der Waals surface area contributed by atoms with Crippen LogP contribution in [0.15, 0.2) is 41.0 Å². The summed E-state index contributed by atoms with van der Waals surface area (Å²) in [6.45, 7) is 1.97. The highest BCUT2D eigenvalue weighted by Crippen LogP contribution is 2.22. The van der Waals surface area contributed by atoms with Crippen LogP contribution in [0, 0.1) is 6.92 Å². The number of pyridine rings is 1. The Labute approximate surface area is 108 Å². The average molecular weight is 291 g/mol. The van der Waals surface area contributed by atoms with E-state index in [2.05, 4.69) is 20.9 Å². The maximum atomic E-state index is 12.2. The third kappa shape index (κ3) is 2.36. The van der Waals surface area contributed by atoms with Gasteiger partial charge >= 0.3 is 0 Å². The number of aromatic nitrogens is 1. The molecule has 1 aromatic carbocycles. The van der Waals surface area contributed by atoms with E-state index in [1.165, 1.54) is 0 Å². The van der Waals surface area contributed by atoms with Crippen molar-refractivity contribution in [1.82, 2.24) is 4.98 Å². The van der Waals surface area contributed by atoms with E-state index in [4.69, 9.17) is 5.73 Å². The second-order valence-corrected chi connectivity index (χ2v) is 4.60.